The molecule has 6 heteroatoms. The number of aromatic hydroxyl groups is 1. The van der Waals surface area contributed by atoms with Crippen molar-refractivity contribution >= 4 is 12.1 Å². The number of carbonyl (C=O) groups excluding carboxylic acids is 2. The van der Waals surface area contributed by atoms with Gasteiger partial charge in [-0.3, -0.25) is 4.79 Å². The topological polar surface area (TPSA) is 84.9 Å². The molecule has 0 aliphatic carbocycles. The molecule has 0 radical (unpaired) electrons. The van der Waals surface area contributed by atoms with Gasteiger partial charge in [0.05, 0.1) is 6.42 Å². The Bertz CT molecular complexity index is 766. The molecule has 28 heavy (non-hydrogen) atoms. The molecule has 0 saturated carbocycles. The molecule has 2 rings (SSSR count). The van der Waals surface area contributed by atoms with E-state index in [0.717, 1.165) is 11.1 Å². The molecule has 0 bridgehead atoms. The van der Waals surface area contributed by atoms with Gasteiger partial charge in [0.1, 0.15) is 18.0 Å². The monoisotopic (exact) mass is 385 g/mol. The fourth-order valence-electron chi connectivity index (χ4n) is 2.56. The molecule has 0 aliphatic rings. The van der Waals surface area contributed by atoms with Gasteiger partial charge in [-0.05, 0) is 50.5 Å². The predicted molar refractivity (Wildman–Crippen MR) is 106 cm³/mol. The second-order valence-corrected chi connectivity index (χ2v) is 7.56. The number of esters is 1. The first-order valence-electron chi connectivity index (χ1n) is 9.18. The molecule has 2 N–H and O–H groups in total. The zero-order valence-corrected chi connectivity index (χ0v) is 16.5. The Hall–Kier alpha value is -3.02. The summed E-state index contributed by atoms with van der Waals surface area (Å²) >= 11 is 0. The van der Waals surface area contributed by atoms with E-state index in [0.29, 0.717) is 6.42 Å². The Morgan fingerprint density at radius 1 is 1.00 bits per heavy atom. The largest absolute Gasteiger partial charge is 0.508 e. The van der Waals surface area contributed by atoms with Crippen LogP contribution in [-0.2, 0) is 27.3 Å². The number of amides is 1. The van der Waals surface area contributed by atoms with Gasteiger partial charge in [-0.1, -0.05) is 42.5 Å². The maximum absolute atomic E-state index is 12.3. The number of benzene rings is 2. The van der Waals surface area contributed by atoms with Crippen molar-refractivity contribution in [1.29, 1.82) is 0 Å². The molecular formula is C22H27NO5. The van der Waals surface area contributed by atoms with Crippen LogP contribution in [0.4, 0.5) is 4.79 Å². The number of nitrogens with one attached hydrogen (secondary N) is 1. The summed E-state index contributed by atoms with van der Waals surface area (Å²) in [6.45, 7) is 5.50. The minimum atomic E-state index is -0.638. The third-order valence-electron chi connectivity index (χ3n) is 3.80. The molecule has 1 atom stereocenters. The maximum atomic E-state index is 12.3. The van der Waals surface area contributed by atoms with Gasteiger partial charge in [-0.15, -0.1) is 0 Å². The molecule has 2 aromatic carbocycles. The lowest BCUT2D eigenvalue weighted by molar-refractivity contribution is -0.145. The minimum Gasteiger partial charge on any atom is -0.508 e. The lowest BCUT2D eigenvalue weighted by Crippen LogP contribution is -2.41. The number of hydrogen-bond acceptors (Lipinski definition) is 5. The average molecular weight is 385 g/mol. The highest BCUT2D eigenvalue weighted by Crippen LogP contribution is 2.14. The first kappa shape index (κ1) is 21.3. The van der Waals surface area contributed by atoms with Crippen LogP contribution in [0.25, 0.3) is 0 Å². The summed E-state index contributed by atoms with van der Waals surface area (Å²) < 4.78 is 10.6. The summed E-state index contributed by atoms with van der Waals surface area (Å²) in [6, 6.07) is 15.5. The minimum absolute atomic E-state index is 0.00690. The van der Waals surface area contributed by atoms with E-state index >= 15 is 0 Å². The SMILES string of the molecule is CC(C)(C)OC(=O)N[C@@H](CC(=O)OCc1ccccc1)Cc1ccc(O)cc1. The van der Waals surface area contributed by atoms with Crippen molar-refractivity contribution in [3.63, 3.8) is 0 Å². The van der Waals surface area contributed by atoms with Crippen molar-refractivity contribution in [3.05, 3.63) is 65.7 Å². The molecule has 0 saturated heterocycles. The summed E-state index contributed by atoms with van der Waals surface area (Å²) in [5.41, 5.74) is 1.13. The smallest absolute Gasteiger partial charge is 0.407 e. The van der Waals surface area contributed by atoms with Crippen LogP contribution in [0.1, 0.15) is 38.3 Å². The Morgan fingerprint density at radius 3 is 2.25 bits per heavy atom. The Morgan fingerprint density at radius 2 is 1.64 bits per heavy atom. The Kier molecular flexibility index (Phi) is 7.44. The zero-order valence-electron chi connectivity index (χ0n) is 16.5. The van der Waals surface area contributed by atoms with Gasteiger partial charge in [0.2, 0.25) is 0 Å². The van der Waals surface area contributed by atoms with E-state index in [-0.39, 0.29) is 18.8 Å². The number of alkyl carbamates (subject to hydrolysis) is 1. The number of hydrogen-bond donors (Lipinski definition) is 2. The molecule has 0 spiro atoms. The van der Waals surface area contributed by atoms with Crippen LogP contribution in [0.3, 0.4) is 0 Å². The molecule has 1 amide bonds. The number of ether oxygens (including phenoxy) is 2. The standard InChI is InChI=1S/C22H27NO5/c1-22(2,3)28-21(26)23-18(13-16-9-11-19(24)12-10-16)14-20(25)27-15-17-7-5-4-6-8-17/h4-12,18,24H,13-15H2,1-3H3,(H,23,26)/t18-/m1/s1. The van der Waals surface area contributed by atoms with Crippen molar-refractivity contribution < 1.29 is 24.2 Å². The quantitative estimate of drug-likeness (QED) is 0.705. The van der Waals surface area contributed by atoms with E-state index in [2.05, 4.69) is 5.32 Å². The third-order valence-corrected chi connectivity index (χ3v) is 3.80. The first-order chi connectivity index (χ1) is 13.2. The van der Waals surface area contributed by atoms with E-state index in [1.165, 1.54) is 0 Å². The summed E-state index contributed by atoms with van der Waals surface area (Å²) in [6.07, 6.45) is -0.181. The van der Waals surface area contributed by atoms with E-state index in [1.54, 1.807) is 45.0 Å². The van der Waals surface area contributed by atoms with Crippen LogP contribution >= 0.6 is 0 Å². The van der Waals surface area contributed by atoms with Crippen molar-refractivity contribution in [1.82, 2.24) is 5.32 Å². The summed E-state index contributed by atoms with van der Waals surface area (Å²) in [7, 11) is 0. The van der Waals surface area contributed by atoms with Crippen molar-refractivity contribution in [2.75, 3.05) is 0 Å². The molecule has 0 unspecified atom stereocenters. The fourth-order valence-corrected chi connectivity index (χ4v) is 2.56. The molecule has 0 heterocycles. The van der Waals surface area contributed by atoms with Gasteiger partial charge in [0.25, 0.3) is 0 Å². The highest BCUT2D eigenvalue weighted by molar-refractivity contribution is 5.73. The van der Waals surface area contributed by atoms with Crippen LogP contribution in [0, 0.1) is 0 Å². The van der Waals surface area contributed by atoms with Crippen LogP contribution in [0.15, 0.2) is 54.6 Å². The van der Waals surface area contributed by atoms with Crippen molar-refractivity contribution in [3.8, 4) is 5.75 Å². The lowest BCUT2D eigenvalue weighted by atomic mass is 10.0. The number of phenolic OH excluding ortho intramolecular Hbond substituents is 1. The van der Waals surface area contributed by atoms with Gasteiger partial charge >= 0.3 is 12.1 Å². The van der Waals surface area contributed by atoms with Crippen molar-refractivity contribution in [2.24, 2.45) is 0 Å². The second kappa shape index (κ2) is 9.78. The molecular weight excluding hydrogens is 358 g/mol. The van der Waals surface area contributed by atoms with E-state index in [4.69, 9.17) is 9.47 Å². The molecule has 0 aromatic heterocycles. The second-order valence-electron chi connectivity index (χ2n) is 7.56. The molecule has 0 fully saturated rings. The fraction of sp³-hybridized carbons (Fsp3) is 0.364. The zero-order chi connectivity index (χ0) is 20.6. The van der Waals surface area contributed by atoms with Gasteiger partial charge in [0, 0.05) is 6.04 Å². The maximum Gasteiger partial charge on any atom is 0.407 e. The first-order valence-corrected chi connectivity index (χ1v) is 9.18. The molecule has 2 aromatic rings. The number of carbonyl (C=O) groups is 2. The number of phenols is 1. The van der Waals surface area contributed by atoms with Gasteiger partial charge in [0.15, 0.2) is 0 Å². The van der Waals surface area contributed by atoms with Crippen molar-refractivity contribution in [2.45, 2.75) is 51.9 Å². The van der Waals surface area contributed by atoms with Gasteiger partial charge < -0.3 is 19.9 Å². The van der Waals surface area contributed by atoms with Crippen LogP contribution in [-0.4, -0.2) is 28.8 Å². The van der Waals surface area contributed by atoms with Crippen LogP contribution < -0.4 is 5.32 Å². The van der Waals surface area contributed by atoms with Gasteiger partial charge in [-0.25, -0.2) is 4.79 Å². The van der Waals surface area contributed by atoms with Crippen LogP contribution in [0.2, 0.25) is 0 Å². The van der Waals surface area contributed by atoms with E-state index < -0.39 is 23.7 Å². The van der Waals surface area contributed by atoms with E-state index in [9.17, 15) is 14.7 Å². The highest BCUT2D eigenvalue weighted by atomic mass is 16.6. The Labute approximate surface area is 165 Å². The highest BCUT2D eigenvalue weighted by Gasteiger charge is 2.22. The van der Waals surface area contributed by atoms with Crippen LogP contribution in [0.5, 0.6) is 5.75 Å². The van der Waals surface area contributed by atoms with Gasteiger partial charge in [-0.2, -0.15) is 0 Å². The summed E-state index contributed by atoms with van der Waals surface area (Å²) in [4.78, 5) is 24.4. The lowest BCUT2D eigenvalue weighted by Gasteiger charge is -2.23. The summed E-state index contributed by atoms with van der Waals surface area (Å²) in [5.74, 6) is -0.258. The average Bonchev–Trinajstić information content (AvgIpc) is 2.61. The number of rotatable bonds is 7. The van der Waals surface area contributed by atoms with E-state index in [1.807, 2.05) is 30.3 Å². The molecule has 0 aliphatic heterocycles. The Balaban J connectivity index is 1.98. The molecule has 6 nitrogen and oxygen atoms in total. The molecule has 150 valence electrons. The predicted octanol–water partition coefficient (Wildman–Crippen LogP) is 3.96. The summed E-state index contributed by atoms with van der Waals surface area (Å²) in [5, 5.41) is 12.2. The normalized spacial score (nSPS) is 12.1. The third kappa shape index (κ3) is 8.12.